The molecule has 0 amide bonds. The van der Waals surface area contributed by atoms with E-state index >= 15 is 0 Å². The molecule has 88 valence electrons. The Morgan fingerprint density at radius 3 is 2.44 bits per heavy atom. The second kappa shape index (κ2) is 6.59. The van der Waals surface area contributed by atoms with Gasteiger partial charge in [-0.2, -0.15) is 11.8 Å². The van der Waals surface area contributed by atoms with Crippen LogP contribution >= 0.6 is 11.8 Å². The van der Waals surface area contributed by atoms with Crippen molar-refractivity contribution < 1.29 is 9.53 Å². The topological polar surface area (TPSA) is 26.3 Å². The van der Waals surface area contributed by atoms with Crippen LogP contribution in [-0.4, -0.2) is 24.4 Å². The van der Waals surface area contributed by atoms with Crippen LogP contribution in [0, 0.1) is 13.8 Å². The monoisotopic (exact) mass is 238 g/mol. The molecule has 0 N–H and O–H groups in total. The smallest absolute Gasteiger partial charge is 0.150 e. The standard InChI is InChI=1S/C13H18O2S/c1-4-16-6-5-15-13-10(2)7-12(9-14)8-11(13)3/h7-9H,4-6H2,1-3H3. The van der Waals surface area contributed by atoms with Crippen LogP contribution in [0.25, 0.3) is 0 Å². The predicted molar refractivity (Wildman–Crippen MR) is 69.8 cm³/mol. The lowest BCUT2D eigenvalue weighted by Gasteiger charge is -2.12. The molecule has 0 aliphatic heterocycles. The number of ether oxygens (including phenoxy) is 1. The molecular weight excluding hydrogens is 220 g/mol. The van der Waals surface area contributed by atoms with E-state index in [-0.39, 0.29) is 0 Å². The van der Waals surface area contributed by atoms with Crippen LogP contribution in [0.15, 0.2) is 12.1 Å². The molecule has 1 aromatic carbocycles. The lowest BCUT2D eigenvalue weighted by atomic mass is 10.1. The molecule has 0 spiro atoms. The van der Waals surface area contributed by atoms with Crippen LogP contribution in [0.4, 0.5) is 0 Å². The Bertz CT molecular complexity index is 338. The van der Waals surface area contributed by atoms with Gasteiger partial charge >= 0.3 is 0 Å². The number of thioether (sulfide) groups is 1. The Kier molecular flexibility index (Phi) is 5.39. The van der Waals surface area contributed by atoms with Crippen molar-refractivity contribution in [3.05, 3.63) is 28.8 Å². The molecule has 0 aliphatic rings. The van der Waals surface area contributed by atoms with Crippen molar-refractivity contribution in [1.82, 2.24) is 0 Å². The summed E-state index contributed by atoms with van der Waals surface area (Å²) in [7, 11) is 0. The van der Waals surface area contributed by atoms with E-state index in [2.05, 4.69) is 6.92 Å². The Balaban J connectivity index is 2.69. The molecule has 1 aromatic rings. The molecule has 16 heavy (non-hydrogen) atoms. The maximum absolute atomic E-state index is 10.7. The van der Waals surface area contributed by atoms with E-state index in [4.69, 9.17) is 4.74 Å². The van der Waals surface area contributed by atoms with Crippen molar-refractivity contribution in [3.8, 4) is 5.75 Å². The van der Waals surface area contributed by atoms with Gasteiger partial charge in [0.15, 0.2) is 0 Å². The van der Waals surface area contributed by atoms with Gasteiger partial charge in [0.2, 0.25) is 0 Å². The minimum atomic E-state index is 0.713. The SMILES string of the molecule is CCSCCOc1c(C)cc(C=O)cc1C. The first-order chi connectivity index (χ1) is 7.69. The molecule has 0 heterocycles. The molecule has 0 unspecified atom stereocenters. The van der Waals surface area contributed by atoms with Gasteiger partial charge in [-0.3, -0.25) is 4.79 Å². The molecule has 3 heteroatoms. The number of aryl methyl sites for hydroxylation is 2. The van der Waals surface area contributed by atoms with E-state index in [1.807, 2.05) is 37.7 Å². The zero-order valence-corrected chi connectivity index (χ0v) is 10.9. The molecule has 0 atom stereocenters. The lowest BCUT2D eigenvalue weighted by molar-refractivity contribution is 0.112. The van der Waals surface area contributed by atoms with E-state index in [0.29, 0.717) is 5.56 Å². The first-order valence-electron chi connectivity index (χ1n) is 5.46. The summed E-state index contributed by atoms with van der Waals surface area (Å²) in [6, 6.07) is 3.73. The summed E-state index contributed by atoms with van der Waals surface area (Å²) in [5.74, 6) is 3.04. The van der Waals surface area contributed by atoms with Crippen LogP contribution in [0.1, 0.15) is 28.4 Å². The maximum atomic E-state index is 10.7. The third-order valence-electron chi connectivity index (χ3n) is 2.30. The summed E-state index contributed by atoms with van der Waals surface area (Å²) < 4.78 is 5.73. The summed E-state index contributed by atoms with van der Waals surface area (Å²) >= 11 is 1.87. The van der Waals surface area contributed by atoms with Crippen LogP contribution in [0.3, 0.4) is 0 Å². The highest BCUT2D eigenvalue weighted by molar-refractivity contribution is 7.99. The van der Waals surface area contributed by atoms with Crippen molar-refractivity contribution in [1.29, 1.82) is 0 Å². The number of hydrogen-bond acceptors (Lipinski definition) is 3. The summed E-state index contributed by atoms with van der Waals surface area (Å²) in [6.45, 7) is 6.81. The number of hydrogen-bond donors (Lipinski definition) is 0. The summed E-state index contributed by atoms with van der Waals surface area (Å²) in [5.41, 5.74) is 2.78. The van der Waals surface area contributed by atoms with Gasteiger partial charge in [-0.25, -0.2) is 0 Å². The number of aldehydes is 1. The van der Waals surface area contributed by atoms with Gasteiger partial charge < -0.3 is 4.74 Å². The van der Waals surface area contributed by atoms with Crippen molar-refractivity contribution in [2.75, 3.05) is 18.1 Å². The van der Waals surface area contributed by atoms with E-state index < -0.39 is 0 Å². The van der Waals surface area contributed by atoms with Crippen LogP contribution in [0.5, 0.6) is 5.75 Å². The fourth-order valence-corrected chi connectivity index (χ4v) is 2.12. The molecule has 2 nitrogen and oxygen atoms in total. The fraction of sp³-hybridized carbons (Fsp3) is 0.462. The van der Waals surface area contributed by atoms with Gasteiger partial charge in [0.1, 0.15) is 12.0 Å². The van der Waals surface area contributed by atoms with Gasteiger partial charge in [-0.05, 0) is 42.9 Å². The molecule has 0 fully saturated rings. The van der Waals surface area contributed by atoms with E-state index in [1.165, 1.54) is 0 Å². The van der Waals surface area contributed by atoms with Gasteiger partial charge in [-0.1, -0.05) is 6.92 Å². The van der Waals surface area contributed by atoms with Gasteiger partial charge in [0.05, 0.1) is 6.61 Å². The molecule has 0 bridgehead atoms. The predicted octanol–water partition coefficient (Wildman–Crippen LogP) is 3.25. The Hall–Kier alpha value is -0.960. The number of benzene rings is 1. The zero-order valence-electron chi connectivity index (χ0n) is 10.1. The minimum absolute atomic E-state index is 0.713. The van der Waals surface area contributed by atoms with Gasteiger partial charge in [-0.15, -0.1) is 0 Å². The first-order valence-corrected chi connectivity index (χ1v) is 6.61. The second-order valence-electron chi connectivity index (χ2n) is 3.65. The van der Waals surface area contributed by atoms with E-state index in [9.17, 15) is 4.79 Å². The van der Waals surface area contributed by atoms with Gasteiger partial charge in [0.25, 0.3) is 0 Å². The number of rotatable bonds is 6. The summed E-state index contributed by atoms with van der Waals surface area (Å²) in [4.78, 5) is 10.7. The average Bonchev–Trinajstić information content (AvgIpc) is 2.26. The molecule has 0 aromatic heterocycles. The van der Waals surface area contributed by atoms with Crippen LogP contribution in [-0.2, 0) is 0 Å². The lowest BCUT2D eigenvalue weighted by Crippen LogP contribution is -2.03. The number of carbonyl (C=O) groups is 1. The quantitative estimate of drug-likeness (QED) is 0.562. The molecule has 0 aliphatic carbocycles. The van der Waals surface area contributed by atoms with Crippen molar-refractivity contribution in [3.63, 3.8) is 0 Å². The summed E-state index contributed by atoms with van der Waals surface area (Å²) in [5, 5.41) is 0. The van der Waals surface area contributed by atoms with Crippen LogP contribution < -0.4 is 4.74 Å². The normalized spacial score (nSPS) is 10.2. The van der Waals surface area contributed by atoms with Crippen molar-refractivity contribution >= 4 is 18.0 Å². The second-order valence-corrected chi connectivity index (χ2v) is 5.04. The van der Waals surface area contributed by atoms with Crippen molar-refractivity contribution in [2.45, 2.75) is 20.8 Å². The number of carbonyl (C=O) groups excluding carboxylic acids is 1. The molecule has 0 saturated heterocycles. The molecule has 0 saturated carbocycles. The van der Waals surface area contributed by atoms with Crippen LogP contribution in [0.2, 0.25) is 0 Å². The molecular formula is C13H18O2S. The van der Waals surface area contributed by atoms with Gasteiger partial charge in [0, 0.05) is 11.3 Å². The van der Waals surface area contributed by atoms with E-state index in [1.54, 1.807) is 0 Å². The Labute approximate surface area is 101 Å². The fourth-order valence-electron chi connectivity index (χ4n) is 1.63. The Morgan fingerprint density at radius 1 is 1.31 bits per heavy atom. The van der Waals surface area contributed by atoms with E-state index in [0.717, 1.165) is 41.3 Å². The zero-order chi connectivity index (χ0) is 12.0. The third-order valence-corrected chi connectivity index (χ3v) is 3.16. The first kappa shape index (κ1) is 13.1. The molecule has 0 radical (unpaired) electrons. The largest absolute Gasteiger partial charge is 0.492 e. The summed E-state index contributed by atoms with van der Waals surface area (Å²) in [6.07, 6.45) is 0.872. The highest BCUT2D eigenvalue weighted by Crippen LogP contribution is 2.24. The highest BCUT2D eigenvalue weighted by atomic mass is 32.2. The maximum Gasteiger partial charge on any atom is 0.150 e. The highest BCUT2D eigenvalue weighted by Gasteiger charge is 2.05. The average molecular weight is 238 g/mol. The Morgan fingerprint density at radius 2 is 1.94 bits per heavy atom. The molecule has 1 rings (SSSR count). The van der Waals surface area contributed by atoms with Crippen molar-refractivity contribution in [2.24, 2.45) is 0 Å². The minimum Gasteiger partial charge on any atom is -0.492 e. The third kappa shape index (κ3) is 3.56.